The second-order valence-electron chi connectivity index (χ2n) is 7.81. The summed E-state index contributed by atoms with van der Waals surface area (Å²) in [6.45, 7) is 2.07. The van der Waals surface area contributed by atoms with Crippen molar-refractivity contribution in [3.63, 3.8) is 0 Å². The standard InChI is InChI=1S/C20H39NO3/c1-16-15-18(21-2)19(22)20(23-16)24-17-13-11-9-7-5-3-4-6-8-10-12-14-17/h16-22H,3-15H2,1-2H3/t16?,18?,19?,20-/m0/s1. The highest BCUT2D eigenvalue weighted by atomic mass is 16.7. The Bertz CT molecular complexity index is 312. The van der Waals surface area contributed by atoms with Crippen LogP contribution < -0.4 is 5.32 Å². The molecule has 0 aromatic rings. The Labute approximate surface area is 148 Å². The Balaban J connectivity index is 1.85. The van der Waals surface area contributed by atoms with Crippen LogP contribution in [-0.4, -0.2) is 42.8 Å². The van der Waals surface area contributed by atoms with Gasteiger partial charge in [-0.3, -0.25) is 0 Å². The van der Waals surface area contributed by atoms with E-state index in [0.717, 1.165) is 19.3 Å². The normalized spacial score (nSPS) is 35.6. The van der Waals surface area contributed by atoms with E-state index in [1.807, 2.05) is 7.05 Å². The van der Waals surface area contributed by atoms with Crippen LogP contribution in [0, 0.1) is 0 Å². The molecule has 0 aromatic heterocycles. The van der Waals surface area contributed by atoms with Gasteiger partial charge < -0.3 is 19.9 Å². The molecule has 0 amide bonds. The molecule has 142 valence electrons. The predicted molar refractivity (Wildman–Crippen MR) is 98.1 cm³/mol. The second kappa shape index (κ2) is 11.5. The van der Waals surface area contributed by atoms with E-state index >= 15 is 0 Å². The molecule has 2 aliphatic rings. The summed E-state index contributed by atoms with van der Waals surface area (Å²) in [6, 6.07) is 0.0634. The number of aliphatic hydroxyl groups is 1. The highest BCUT2D eigenvalue weighted by Crippen LogP contribution is 2.25. The summed E-state index contributed by atoms with van der Waals surface area (Å²) in [5.41, 5.74) is 0. The van der Waals surface area contributed by atoms with E-state index in [1.165, 1.54) is 64.2 Å². The van der Waals surface area contributed by atoms with Crippen LogP contribution >= 0.6 is 0 Å². The molecular weight excluding hydrogens is 302 g/mol. The molecule has 1 saturated carbocycles. The quantitative estimate of drug-likeness (QED) is 0.809. The van der Waals surface area contributed by atoms with Gasteiger partial charge in [0.2, 0.25) is 0 Å². The minimum absolute atomic E-state index is 0.0634. The molecule has 1 saturated heterocycles. The van der Waals surface area contributed by atoms with E-state index in [0.29, 0.717) is 0 Å². The monoisotopic (exact) mass is 341 g/mol. The van der Waals surface area contributed by atoms with Gasteiger partial charge in [0.25, 0.3) is 0 Å². The Hall–Kier alpha value is -0.160. The van der Waals surface area contributed by atoms with Crippen LogP contribution in [0.4, 0.5) is 0 Å². The topological polar surface area (TPSA) is 50.7 Å². The van der Waals surface area contributed by atoms with Gasteiger partial charge in [-0.25, -0.2) is 0 Å². The van der Waals surface area contributed by atoms with Crippen molar-refractivity contribution in [3.05, 3.63) is 0 Å². The van der Waals surface area contributed by atoms with Crippen molar-refractivity contribution in [2.45, 2.75) is 121 Å². The SMILES string of the molecule is CNC1CC(C)O[C@@H](OC2CCCCCCCCCCCC2)C1O. The molecule has 4 atom stereocenters. The number of hydrogen-bond acceptors (Lipinski definition) is 4. The van der Waals surface area contributed by atoms with E-state index in [9.17, 15) is 5.11 Å². The minimum atomic E-state index is -0.573. The zero-order valence-corrected chi connectivity index (χ0v) is 15.8. The maximum atomic E-state index is 10.5. The molecule has 2 rings (SSSR count). The van der Waals surface area contributed by atoms with Crippen molar-refractivity contribution in [2.75, 3.05) is 7.05 Å². The molecule has 4 nitrogen and oxygen atoms in total. The average Bonchev–Trinajstić information content (AvgIpc) is 2.60. The van der Waals surface area contributed by atoms with Crippen molar-refractivity contribution in [2.24, 2.45) is 0 Å². The lowest BCUT2D eigenvalue weighted by Gasteiger charge is -2.39. The van der Waals surface area contributed by atoms with Crippen molar-refractivity contribution < 1.29 is 14.6 Å². The molecule has 24 heavy (non-hydrogen) atoms. The second-order valence-corrected chi connectivity index (χ2v) is 7.81. The first-order valence-corrected chi connectivity index (χ1v) is 10.4. The van der Waals surface area contributed by atoms with Crippen LogP contribution in [0.5, 0.6) is 0 Å². The molecule has 4 heteroatoms. The zero-order chi connectivity index (χ0) is 17.2. The number of rotatable bonds is 3. The van der Waals surface area contributed by atoms with Gasteiger partial charge in [0.05, 0.1) is 12.2 Å². The maximum Gasteiger partial charge on any atom is 0.185 e. The van der Waals surface area contributed by atoms with Crippen molar-refractivity contribution in [1.82, 2.24) is 5.32 Å². The van der Waals surface area contributed by atoms with Gasteiger partial charge in [0, 0.05) is 6.04 Å². The minimum Gasteiger partial charge on any atom is -0.386 e. The lowest BCUT2D eigenvalue weighted by molar-refractivity contribution is -0.261. The Morgan fingerprint density at radius 3 is 1.88 bits per heavy atom. The molecule has 1 aliphatic heterocycles. The number of ether oxygens (including phenoxy) is 2. The van der Waals surface area contributed by atoms with Gasteiger partial charge in [-0.15, -0.1) is 0 Å². The van der Waals surface area contributed by atoms with Gasteiger partial charge in [-0.1, -0.05) is 64.2 Å². The summed E-state index contributed by atoms with van der Waals surface area (Å²) in [4.78, 5) is 0. The van der Waals surface area contributed by atoms with Crippen molar-refractivity contribution in [1.29, 1.82) is 0 Å². The van der Waals surface area contributed by atoms with Gasteiger partial charge in [0.1, 0.15) is 6.10 Å². The summed E-state index contributed by atoms with van der Waals surface area (Å²) >= 11 is 0. The van der Waals surface area contributed by atoms with Gasteiger partial charge in [-0.2, -0.15) is 0 Å². The van der Waals surface area contributed by atoms with Crippen LogP contribution in [0.1, 0.15) is 90.4 Å². The highest BCUT2D eigenvalue weighted by molar-refractivity contribution is 4.85. The summed E-state index contributed by atoms with van der Waals surface area (Å²) < 4.78 is 12.2. The molecule has 2 N–H and O–H groups in total. The zero-order valence-electron chi connectivity index (χ0n) is 15.8. The predicted octanol–water partition coefficient (Wildman–Crippen LogP) is 4.15. The molecule has 3 unspecified atom stereocenters. The maximum absolute atomic E-state index is 10.5. The molecule has 2 fully saturated rings. The Morgan fingerprint density at radius 1 is 0.875 bits per heavy atom. The third-order valence-electron chi connectivity index (χ3n) is 5.64. The van der Waals surface area contributed by atoms with E-state index < -0.39 is 12.4 Å². The van der Waals surface area contributed by atoms with E-state index in [2.05, 4.69) is 12.2 Å². The molecule has 0 radical (unpaired) electrons. The van der Waals surface area contributed by atoms with E-state index in [1.54, 1.807) is 0 Å². The highest BCUT2D eigenvalue weighted by Gasteiger charge is 2.37. The Morgan fingerprint density at radius 2 is 1.38 bits per heavy atom. The largest absolute Gasteiger partial charge is 0.386 e. The summed E-state index contributed by atoms with van der Waals surface area (Å²) in [5, 5.41) is 13.7. The first kappa shape index (κ1) is 20.2. The van der Waals surface area contributed by atoms with Gasteiger partial charge in [-0.05, 0) is 33.2 Å². The third-order valence-corrected chi connectivity index (χ3v) is 5.64. The van der Waals surface area contributed by atoms with Crippen LogP contribution in [-0.2, 0) is 9.47 Å². The van der Waals surface area contributed by atoms with Crippen LogP contribution in [0.15, 0.2) is 0 Å². The molecule has 1 heterocycles. The average molecular weight is 342 g/mol. The molecular formula is C20H39NO3. The Kier molecular flexibility index (Phi) is 9.62. The van der Waals surface area contributed by atoms with E-state index in [-0.39, 0.29) is 18.2 Å². The lowest BCUT2D eigenvalue weighted by atomic mass is 9.99. The molecule has 0 aromatic carbocycles. The number of nitrogens with one attached hydrogen (secondary N) is 1. The molecule has 1 aliphatic carbocycles. The third kappa shape index (κ3) is 6.99. The smallest absolute Gasteiger partial charge is 0.185 e. The molecule has 0 bridgehead atoms. The number of aliphatic hydroxyl groups excluding tert-OH is 1. The van der Waals surface area contributed by atoms with Crippen LogP contribution in [0.2, 0.25) is 0 Å². The van der Waals surface area contributed by atoms with E-state index in [4.69, 9.17) is 9.47 Å². The fourth-order valence-electron chi connectivity index (χ4n) is 4.08. The van der Waals surface area contributed by atoms with Gasteiger partial charge in [0.15, 0.2) is 6.29 Å². The van der Waals surface area contributed by atoms with Crippen LogP contribution in [0.25, 0.3) is 0 Å². The molecule has 0 spiro atoms. The summed E-state index contributed by atoms with van der Waals surface area (Å²) in [6.07, 6.45) is 15.7. The first-order chi connectivity index (χ1) is 11.7. The summed E-state index contributed by atoms with van der Waals surface area (Å²) in [7, 11) is 1.90. The van der Waals surface area contributed by atoms with Crippen molar-refractivity contribution >= 4 is 0 Å². The fraction of sp³-hybridized carbons (Fsp3) is 1.00. The number of likely N-dealkylation sites (N-methyl/N-ethyl adjacent to an activating group) is 1. The summed E-state index contributed by atoms with van der Waals surface area (Å²) in [5.74, 6) is 0. The lowest BCUT2D eigenvalue weighted by Crippen LogP contribution is -2.54. The first-order valence-electron chi connectivity index (χ1n) is 10.4. The van der Waals surface area contributed by atoms with Crippen LogP contribution in [0.3, 0.4) is 0 Å². The van der Waals surface area contributed by atoms with Gasteiger partial charge >= 0.3 is 0 Å². The fourth-order valence-corrected chi connectivity index (χ4v) is 4.08. The van der Waals surface area contributed by atoms with Crippen molar-refractivity contribution in [3.8, 4) is 0 Å². The number of hydrogen-bond donors (Lipinski definition) is 2.